The highest BCUT2D eigenvalue weighted by Crippen LogP contribution is 2.10. The molecular formula is C13H23N3O2. The normalized spacial score (nSPS) is 25.7. The van der Waals surface area contributed by atoms with Crippen molar-refractivity contribution >= 4 is 11.8 Å². The van der Waals surface area contributed by atoms with Crippen LogP contribution in [0.1, 0.15) is 38.5 Å². The van der Waals surface area contributed by atoms with Gasteiger partial charge in [0.15, 0.2) is 0 Å². The van der Waals surface area contributed by atoms with E-state index in [2.05, 4.69) is 10.6 Å². The van der Waals surface area contributed by atoms with Crippen LogP contribution in [-0.4, -0.2) is 48.9 Å². The molecule has 0 aromatic rings. The molecule has 0 bridgehead atoms. The zero-order valence-corrected chi connectivity index (χ0v) is 10.9. The lowest BCUT2D eigenvalue weighted by Crippen LogP contribution is -2.49. The summed E-state index contributed by atoms with van der Waals surface area (Å²) in [6.45, 7) is 2.85. The fourth-order valence-electron chi connectivity index (χ4n) is 2.63. The predicted molar refractivity (Wildman–Crippen MR) is 69.1 cm³/mol. The Balaban J connectivity index is 1.76. The van der Waals surface area contributed by atoms with Gasteiger partial charge in [-0.3, -0.25) is 9.59 Å². The molecule has 5 nitrogen and oxygen atoms in total. The highest BCUT2D eigenvalue weighted by molar-refractivity contribution is 5.85. The Hall–Kier alpha value is -1.10. The minimum Gasteiger partial charge on any atom is -0.351 e. The second-order valence-corrected chi connectivity index (χ2v) is 5.24. The molecule has 0 aromatic carbocycles. The third kappa shape index (κ3) is 3.98. The minimum absolute atomic E-state index is 0.0149. The standard InChI is InChI=1S/C13H23N3O2/c17-12(15-11-5-4-7-14-9-11)10-16-8-3-1-2-6-13(16)18/h11,14H,1-10H2,(H,15,17)/t11-/m0/s1. The Morgan fingerprint density at radius 1 is 1.33 bits per heavy atom. The largest absolute Gasteiger partial charge is 0.351 e. The number of nitrogens with one attached hydrogen (secondary N) is 2. The predicted octanol–water partition coefficient (Wildman–Crippen LogP) is 0.257. The van der Waals surface area contributed by atoms with E-state index in [1.807, 2.05) is 0 Å². The van der Waals surface area contributed by atoms with Gasteiger partial charge in [-0.05, 0) is 32.2 Å². The van der Waals surface area contributed by atoms with Crippen LogP contribution >= 0.6 is 0 Å². The first-order chi connectivity index (χ1) is 8.75. The lowest BCUT2D eigenvalue weighted by atomic mass is 10.1. The summed E-state index contributed by atoms with van der Waals surface area (Å²) < 4.78 is 0. The van der Waals surface area contributed by atoms with E-state index >= 15 is 0 Å². The summed E-state index contributed by atoms with van der Waals surface area (Å²) in [5.74, 6) is 0.114. The van der Waals surface area contributed by atoms with Gasteiger partial charge in [0.25, 0.3) is 0 Å². The van der Waals surface area contributed by atoms with Crippen LogP contribution in [0.5, 0.6) is 0 Å². The average molecular weight is 253 g/mol. The molecule has 5 heteroatoms. The molecule has 0 aromatic heterocycles. The molecule has 2 fully saturated rings. The summed E-state index contributed by atoms with van der Waals surface area (Å²) in [6.07, 6.45) is 5.81. The molecule has 0 aliphatic carbocycles. The van der Waals surface area contributed by atoms with E-state index in [0.29, 0.717) is 6.42 Å². The third-order valence-corrected chi connectivity index (χ3v) is 3.67. The van der Waals surface area contributed by atoms with Gasteiger partial charge in [0.1, 0.15) is 0 Å². The van der Waals surface area contributed by atoms with Gasteiger partial charge in [0, 0.05) is 25.6 Å². The molecule has 0 unspecified atom stereocenters. The Kier molecular flexibility index (Phi) is 4.99. The van der Waals surface area contributed by atoms with Crippen LogP contribution in [0.25, 0.3) is 0 Å². The summed E-state index contributed by atoms with van der Waals surface area (Å²) in [4.78, 5) is 25.4. The van der Waals surface area contributed by atoms with Crippen LogP contribution in [0.4, 0.5) is 0 Å². The maximum Gasteiger partial charge on any atom is 0.239 e. The van der Waals surface area contributed by atoms with Crippen molar-refractivity contribution in [2.45, 2.75) is 44.6 Å². The van der Waals surface area contributed by atoms with Gasteiger partial charge >= 0.3 is 0 Å². The van der Waals surface area contributed by atoms with E-state index in [4.69, 9.17) is 0 Å². The highest BCUT2D eigenvalue weighted by Gasteiger charge is 2.21. The number of likely N-dealkylation sites (tertiary alicyclic amines) is 1. The van der Waals surface area contributed by atoms with Crippen LogP contribution in [0.15, 0.2) is 0 Å². The Morgan fingerprint density at radius 3 is 3.00 bits per heavy atom. The summed E-state index contributed by atoms with van der Waals surface area (Å²) >= 11 is 0. The Morgan fingerprint density at radius 2 is 2.22 bits per heavy atom. The Bertz CT molecular complexity index is 301. The van der Waals surface area contributed by atoms with Crippen molar-refractivity contribution in [3.05, 3.63) is 0 Å². The first-order valence-corrected chi connectivity index (χ1v) is 7.03. The fourth-order valence-corrected chi connectivity index (χ4v) is 2.63. The fraction of sp³-hybridized carbons (Fsp3) is 0.846. The van der Waals surface area contributed by atoms with Crippen LogP contribution in [0, 0.1) is 0 Å². The smallest absolute Gasteiger partial charge is 0.239 e. The molecular weight excluding hydrogens is 230 g/mol. The van der Waals surface area contributed by atoms with Gasteiger partial charge in [0.05, 0.1) is 6.54 Å². The number of nitrogens with zero attached hydrogens (tertiary/aromatic N) is 1. The van der Waals surface area contributed by atoms with Gasteiger partial charge in [0.2, 0.25) is 11.8 Å². The van der Waals surface area contributed by atoms with E-state index in [-0.39, 0.29) is 24.4 Å². The van der Waals surface area contributed by atoms with E-state index in [1.54, 1.807) is 4.90 Å². The zero-order chi connectivity index (χ0) is 12.8. The maximum atomic E-state index is 11.9. The number of rotatable bonds is 3. The number of carbonyl (C=O) groups is 2. The molecule has 0 saturated carbocycles. The molecule has 2 heterocycles. The second kappa shape index (κ2) is 6.73. The van der Waals surface area contributed by atoms with Crippen LogP contribution in [-0.2, 0) is 9.59 Å². The number of hydrogen-bond donors (Lipinski definition) is 2. The lowest BCUT2D eigenvalue weighted by molar-refractivity contribution is -0.135. The summed E-state index contributed by atoms with van der Waals surface area (Å²) in [7, 11) is 0. The number of amides is 2. The first-order valence-electron chi connectivity index (χ1n) is 7.03. The van der Waals surface area contributed by atoms with Crippen molar-refractivity contribution in [3.8, 4) is 0 Å². The summed E-state index contributed by atoms with van der Waals surface area (Å²) in [6, 6.07) is 0.230. The zero-order valence-electron chi connectivity index (χ0n) is 10.9. The molecule has 2 amide bonds. The van der Waals surface area contributed by atoms with Gasteiger partial charge < -0.3 is 15.5 Å². The Labute approximate surface area is 108 Å². The van der Waals surface area contributed by atoms with E-state index in [0.717, 1.165) is 51.7 Å². The van der Waals surface area contributed by atoms with Crippen LogP contribution < -0.4 is 10.6 Å². The molecule has 18 heavy (non-hydrogen) atoms. The van der Waals surface area contributed by atoms with E-state index in [9.17, 15) is 9.59 Å². The van der Waals surface area contributed by atoms with Crippen LogP contribution in [0.3, 0.4) is 0 Å². The number of piperidine rings is 1. The average Bonchev–Trinajstić information content (AvgIpc) is 2.56. The van der Waals surface area contributed by atoms with Crippen molar-refractivity contribution in [1.29, 1.82) is 0 Å². The van der Waals surface area contributed by atoms with Crippen LogP contribution in [0.2, 0.25) is 0 Å². The molecule has 2 N–H and O–H groups in total. The van der Waals surface area contributed by atoms with Gasteiger partial charge in [-0.15, -0.1) is 0 Å². The molecule has 0 spiro atoms. The number of hydrogen-bond acceptors (Lipinski definition) is 3. The third-order valence-electron chi connectivity index (χ3n) is 3.67. The van der Waals surface area contributed by atoms with Crippen molar-refractivity contribution in [3.63, 3.8) is 0 Å². The molecule has 1 atom stereocenters. The number of carbonyl (C=O) groups excluding carboxylic acids is 2. The quantitative estimate of drug-likeness (QED) is 0.758. The molecule has 0 radical (unpaired) electrons. The van der Waals surface area contributed by atoms with Crippen molar-refractivity contribution in [2.24, 2.45) is 0 Å². The molecule has 102 valence electrons. The van der Waals surface area contributed by atoms with Crippen molar-refractivity contribution in [2.75, 3.05) is 26.2 Å². The molecule has 2 aliphatic heterocycles. The van der Waals surface area contributed by atoms with Gasteiger partial charge in [-0.25, -0.2) is 0 Å². The highest BCUT2D eigenvalue weighted by atomic mass is 16.2. The van der Waals surface area contributed by atoms with Gasteiger partial charge in [-0.1, -0.05) is 6.42 Å². The first kappa shape index (κ1) is 13.3. The SMILES string of the molecule is O=C(CN1CCCCCC1=O)N[C@H]1CCCNC1. The van der Waals surface area contributed by atoms with Gasteiger partial charge in [-0.2, -0.15) is 0 Å². The van der Waals surface area contributed by atoms with E-state index in [1.165, 1.54) is 0 Å². The second-order valence-electron chi connectivity index (χ2n) is 5.24. The van der Waals surface area contributed by atoms with E-state index < -0.39 is 0 Å². The topological polar surface area (TPSA) is 61.4 Å². The molecule has 2 saturated heterocycles. The summed E-state index contributed by atoms with van der Waals surface area (Å²) in [5, 5.41) is 6.28. The van der Waals surface area contributed by atoms with Crippen molar-refractivity contribution < 1.29 is 9.59 Å². The summed E-state index contributed by atoms with van der Waals surface area (Å²) in [5.41, 5.74) is 0. The monoisotopic (exact) mass is 253 g/mol. The minimum atomic E-state index is -0.0149. The van der Waals surface area contributed by atoms with Crippen molar-refractivity contribution in [1.82, 2.24) is 15.5 Å². The molecule has 2 rings (SSSR count). The molecule has 2 aliphatic rings. The maximum absolute atomic E-state index is 11.9. The lowest BCUT2D eigenvalue weighted by Gasteiger charge is -2.26.